The molecule has 0 aliphatic carbocycles. The number of likely N-dealkylation sites (tertiary alicyclic amines) is 1. The second kappa shape index (κ2) is 6.49. The maximum Gasteiger partial charge on any atom is 0.257 e. The van der Waals surface area contributed by atoms with E-state index in [0.29, 0.717) is 36.6 Å². The van der Waals surface area contributed by atoms with Crippen LogP contribution in [-0.2, 0) is 4.79 Å². The minimum absolute atomic E-state index is 0.0549. The van der Waals surface area contributed by atoms with Gasteiger partial charge < -0.3 is 14.2 Å². The standard InChI is InChI=1S/C20H22FN3O3/c1-14-17(6-9-27-14)19(26)23-8-7-20(12-23)13-24(18(25)11-22(20)2)16-5-3-4-15(21)10-16/h3-6,9-10H,7-8,11-13H2,1-2H3. The van der Waals surface area contributed by atoms with Gasteiger partial charge in [-0.05, 0) is 44.7 Å². The fraction of sp³-hybridized carbons (Fsp3) is 0.400. The molecule has 2 aliphatic rings. The van der Waals surface area contributed by atoms with Gasteiger partial charge in [0.2, 0.25) is 5.91 Å². The summed E-state index contributed by atoms with van der Waals surface area (Å²) >= 11 is 0. The number of hydrogen-bond donors (Lipinski definition) is 0. The molecule has 142 valence electrons. The minimum atomic E-state index is -0.369. The van der Waals surface area contributed by atoms with E-state index >= 15 is 0 Å². The van der Waals surface area contributed by atoms with Crippen LogP contribution in [0.3, 0.4) is 0 Å². The SMILES string of the molecule is Cc1occc1C(=O)N1CCC2(C1)CN(c1cccc(F)c1)C(=O)CN2C. The molecule has 4 rings (SSSR count). The van der Waals surface area contributed by atoms with E-state index in [1.54, 1.807) is 30.0 Å². The molecule has 1 aromatic heterocycles. The molecule has 6 nitrogen and oxygen atoms in total. The number of benzene rings is 1. The van der Waals surface area contributed by atoms with Crippen LogP contribution in [-0.4, -0.2) is 60.4 Å². The first kappa shape index (κ1) is 17.7. The van der Waals surface area contributed by atoms with E-state index in [2.05, 4.69) is 0 Å². The van der Waals surface area contributed by atoms with Crippen LogP contribution in [0.4, 0.5) is 10.1 Å². The van der Waals surface area contributed by atoms with Gasteiger partial charge in [-0.25, -0.2) is 4.39 Å². The maximum absolute atomic E-state index is 13.6. The van der Waals surface area contributed by atoms with Crippen molar-refractivity contribution in [3.05, 3.63) is 53.7 Å². The highest BCUT2D eigenvalue weighted by Gasteiger charge is 2.49. The minimum Gasteiger partial charge on any atom is -0.469 e. The van der Waals surface area contributed by atoms with Crippen molar-refractivity contribution in [2.45, 2.75) is 18.9 Å². The molecule has 0 N–H and O–H groups in total. The number of amides is 2. The predicted molar refractivity (Wildman–Crippen MR) is 98.1 cm³/mol. The zero-order valence-corrected chi connectivity index (χ0v) is 15.4. The summed E-state index contributed by atoms with van der Waals surface area (Å²) in [6.07, 6.45) is 2.27. The molecule has 2 aliphatic heterocycles. The highest BCUT2D eigenvalue weighted by atomic mass is 19.1. The maximum atomic E-state index is 13.6. The van der Waals surface area contributed by atoms with Gasteiger partial charge in [0.1, 0.15) is 11.6 Å². The van der Waals surface area contributed by atoms with Gasteiger partial charge in [0.25, 0.3) is 5.91 Å². The average molecular weight is 371 g/mol. The molecule has 2 amide bonds. The topological polar surface area (TPSA) is 57.0 Å². The van der Waals surface area contributed by atoms with Crippen molar-refractivity contribution in [1.82, 2.24) is 9.80 Å². The third kappa shape index (κ3) is 3.02. The first-order valence-corrected chi connectivity index (χ1v) is 9.00. The largest absolute Gasteiger partial charge is 0.469 e. The molecule has 27 heavy (non-hydrogen) atoms. The first-order valence-electron chi connectivity index (χ1n) is 9.00. The van der Waals surface area contributed by atoms with Gasteiger partial charge >= 0.3 is 0 Å². The number of hydrogen-bond acceptors (Lipinski definition) is 4. The number of furan rings is 1. The number of aryl methyl sites for hydroxylation is 1. The molecule has 7 heteroatoms. The average Bonchev–Trinajstić information content (AvgIpc) is 3.25. The lowest BCUT2D eigenvalue weighted by molar-refractivity contribution is -0.123. The summed E-state index contributed by atoms with van der Waals surface area (Å²) < 4.78 is 18.9. The van der Waals surface area contributed by atoms with E-state index in [1.807, 2.05) is 16.8 Å². The molecule has 2 aromatic rings. The van der Waals surface area contributed by atoms with E-state index in [0.717, 1.165) is 6.42 Å². The molecule has 2 saturated heterocycles. The summed E-state index contributed by atoms with van der Waals surface area (Å²) in [4.78, 5) is 30.9. The van der Waals surface area contributed by atoms with Crippen LogP contribution in [0.2, 0.25) is 0 Å². The van der Waals surface area contributed by atoms with Crippen LogP contribution in [0.5, 0.6) is 0 Å². The Morgan fingerprint density at radius 2 is 2.07 bits per heavy atom. The Morgan fingerprint density at radius 3 is 2.78 bits per heavy atom. The highest BCUT2D eigenvalue weighted by molar-refractivity contribution is 5.97. The van der Waals surface area contributed by atoms with Crippen molar-refractivity contribution in [3.63, 3.8) is 0 Å². The van der Waals surface area contributed by atoms with Crippen molar-refractivity contribution in [2.24, 2.45) is 0 Å². The van der Waals surface area contributed by atoms with Crippen LogP contribution >= 0.6 is 0 Å². The molecular weight excluding hydrogens is 349 g/mol. The van der Waals surface area contributed by atoms with Gasteiger partial charge in [0.15, 0.2) is 0 Å². The summed E-state index contributed by atoms with van der Waals surface area (Å²) in [6.45, 7) is 3.57. The summed E-state index contributed by atoms with van der Waals surface area (Å²) in [7, 11) is 1.91. The monoisotopic (exact) mass is 371 g/mol. The zero-order valence-electron chi connectivity index (χ0n) is 15.4. The Labute approximate surface area is 157 Å². The van der Waals surface area contributed by atoms with Crippen molar-refractivity contribution in [3.8, 4) is 0 Å². The molecule has 1 unspecified atom stereocenters. The van der Waals surface area contributed by atoms with Crippen LogP contribution in [0.25, 0.3) is 0 Å². The van der Waals surface area contributed by atoms with Crippen molar-refractivity contribution < 1.29 is 18.4 Å². The van der Waals surface area contributed by atoms with Gasteiger partial charge in [0, 0.05) is 25.3 Å². The number of carbonyl (C=O) groups is 2. The fourth-order valence-electron chi connectivity index (χ4n) is 4.09. The summed E-state index contributed by atoms with van der Waals surface area (Å²) in [5.41, 5.74) is 0.791. The van der Waals surface area contributed by atoms with Crippen molar-refractivity contribution >= 4 is 17.5 Å². The molecule has 1 atom stereocenters. The first-order chi connectivity index (χ1) is 12.9. The Balaban J connectivity index is 1.58. The lowest BCUT2D eigenvalue weighted by atomic mass is 9.92. The molecule has 3 heterocycles. The number of nitrogens with zero attached hydrogens (tertiary/aromatic N) is 3. The Bertz CT molecular complexity index is 896. The van der Waals surface area contributed by atoms with Gasteiger partial charge in [-0.2, -0.15) is 0 Å². The molecule has 0 bridgehead atoms. The summed E-state index contributed by atoms with van der Waals surface area (Å²) in [5, 5.41) is 0. The zero-order chi connectivity index (χ0) is 19.2. The van der Waals surface area contributed by atoms with Crippen LogP contribution < -0.4 is 4.90 Å². The van der Waals surface area contributed by atoms with Gasteiger partial charge in [-0.15, -0.1) is 0 Å². The lowest BCUT2D eigenvalue weighted by Gasteiger charge is -2.46. The number of rotatable bonds is 2. The highest BCUT2D eigenvalue weighted by Crippen LogP contribution is 2.34. The van der Waals surface area contributed by atoms with E-state index in [-0.39, 0.29) is 29.7 Å². The summed E-state index contributed by atoms with van der Waals surface area (Å²) in [6, 6.07) is 7.78. The normalized spacial score (nSPS) is 23.4. The van der Waals surface area contributed by atoms with Crippen LogP contribution in [0, 0.1) is 12.7 Å². The molecule has 1 spiro atoms. The van der Waals surface area contributed by atoms with E-state index in [9.17, 15) is 14.0 Å². The second-order valence-electron chi connectivity index (χ2n) is 7.41. The van der Waals surface area contributed by atoms with Crippen molar-refractivity contribution in [2.75, 3.05) is 38.1 Å². The third-order valence-electron chi connectivity index (χ3n) is 5.76. The summed E-state index contributed by atoms with van der Waals surface area (Å²) in [5.74, 6) is 0.117. The Morgan fingerprint density at radius 1 is 1.26 bits per heavy atom. The number of halogens is 1. The number of likely N-dealkylation sites (N-methyl/N-ethyl adjacent to an activating group) is 1. The quantitative estimate of drug-likeness (QED) is 0.813. The predicted octanol–water partition coefficient (Wildman–Crippen LogP) is 2.29. The van der Waals surface area contributed by atoms with E-state index < -0.39 is 0 Å². The smallest absolute Gasteiger partial charge is 0.257 e. The van der Waals surface area contributed by atoms with Gasteiger partial charge in [0.05, 0.1) is 23.9 Å². The molecule has 0 saturated carbocycles. The molecule has 0 radical (unpaired) electrons. The van der Waals surface area contributed by atoms with Crippen molar-refractivity contribution in [1.29, 1.82) is 0 Å². The number of carbonyl (C=O) groups excluding carboxylic acids is 2. The van der Waals surface area contributed by atoms with E-state index in [4.69, 9.17) is 4.42 Å². The lowest BCUT2D eigenvalue weighted by Crippen LogP contribution is -2.64. The van der Waals surface area contributed by atoms with E-state index in [1.165, 1.54) is 18.4 Å². The van der Waals surface area contributed by atoms with Crippen LogP contribution in [0.15, 0.2) is 41.0 Å². The Hall–Kier alpha value is -2.67. The van der Waals surface area contributed by atoms with Crippen LogP contribution in [0.1, 0.15) is 22.5 Å². The second-order valence-corrected chi connectivity index (χ2v) is 7.41. The Kier molecular flexibility index (Phi) is 4.26. The number of piperazine rings is 1. The van der Waals surface area contributed by atoms with Gasteiger partial charge in [-0.1, -0.05) is 6.07 Å². The molecule has 2 fully saturated rings. The van der Waals surface area contributed by atoms with Gasteiger partial charge in [-0.3, -0.25) is 14.5 Å². The third-order valence-corrected chi connectivity index (χ3v) is 5.76. The fourth-order valence-corrected chi connectivity index (χ4v) is 4.09. The molecular formula is C20H22FN3O3. The molecule has 1 aromatic carbocycles. The number of anilines is 1.